The average Bonchev–Trinajstić information content (AvgIpc) is 2.66. The van der Waals surface area contributed by atoms with Gasteiger partial charge in [0.1, 0.15) is 5.82 Å². The average molecular weight is 338 g/mol. The van der Waals surface area contributed by atoms with Gasteiger partial charge >= 0.3 is 0 Å². The molecule has 0 atom stereocenters. The summed E-state index contributed by atoms with van der Waals surface area (Å²) in [6.45, 7) is 9.34. The van der Waals surface area contributed by atoms with Gasteiger partial charge < -0.3 is 15.1 Å². The summed E-state index contributed by atoms with van der Waals surface area (Å²) in [5, 5.41) is 3.41. The quantitative estimate of drug-likeness (QED) is 0.683. The zero-order chi connectivity index (χ0) is 17.5. The normalized spacial score (nSPS) is 15.4. The van der Waals surface area contributed by atoms with E-state index < -0.39 is 0 Å². The molecule has 1 N–H and O–H groups in total. The summed E-state index contributed by atoms with van der Waals surface area (Å²) in [5.74, 6) is 2.01. The van der Waals surface area contributed by atoms with Gasteiger partial charge in [-0.1, -0.05) is 12.1 Å². The van der Waals surface area contributed by atoms with Gasteiger partial charge in [-0.15, -0.1) is 0 Å². The Hall–Kier alpha value is -2.63. The fourth-order valence-electron chi connectivity index (χ4n) is 2.96. The van der Waals surface area contributed by atoms with Crippen molar-refractivity contribution in [2.45, 2.75) is 20.4 Å². The van der Waals surface area contributed by atoms with Gasteiger partial charge in [0.2, 0.25) is 0 Å². The summed E-state index contributed by atoms with van der Waals surface area (Å²) in [7, 11) is 0. The first kappa shape index (κ1) is 17.2. The minimum absolute atomic E-state index is 0.602. The number of rotatable bonds is 4. The summed E-state index contributed by atoms with van der Waals surface area (Å²) >= 11 is 0. The Bertz CT molecular complexity index is 692. The second-order valence-electron chi connectivity index (χ2n) is 6.10. The summed E-state index contributed by atoms with van der Waals surface area (Å²) in [5.41, 5.74) is 2.03. The van der Waals surface area contributed by atoms with Crippen molar-refractivity contribution in [3.8, 4) is 0 Å². The van der Waals surface area contributed by atoms with E-state index in [2.05, 4.69) is 38.1 Å². The van der Waals surface area contributed by atoms with E-state index in [4.69, 9.17) is 4.99 Å². The third-order valence-corrected chi connectivity index (χ3v) is 4.22. The molecule has 2 aromatic rings. The number of aryl methyl sites for hydroxylation is 1. The maximum absolute atomic E-state index is 4.78. The van der Waals surface area contributed by atoms with Crippen LogP contribution >= 0.6 is 0 Å². The molecule has 6 nitrogen and oxygen atoms in total. The van der Waals surface area contributed by atoms with Crippen molar-refractivity contribution in [1.82, 2.24) is 20.2 Å². The molecule has 1 aliphatic rings. The summed E-state index contributed by atoms with van der Waals surface area (Å²) in [4.78, 5) is 18.4. The van der Waals surface area contributed by atoms with Crippen LogP contribution in [0, 0.1) is 6.92 Å². The molecule has 0 unspecified atom stereocenters. The Morgan fingerprint density at radius 1 is 1.12 bits per heavy atom. The number of nitrogens with zero attached hydrogens (tertiary/aromatic N) is 5. The lowest BCUT2D eigenvalue weighted by Gasteiger charge is -2.37. The van der Waals surface area contributed by atoms with Crippen LogP contribution in [0.25, 0.3) is 0 Å². The molecule has 3 rings (SSSR count). The van der Waals surface area contributed by atoms with Crippen LogP contribution < -0.4 is 10.2 Å². The minimum Gasteiger partial charge on any atom is -0.357 e. The molecule has 0 bridgehead atoms. The van der Waals surface area contributed by atoms with E-state index in [0.717, 1.165) is 55.9 Å². The van der Waals surface area contributed by atoms with Gasteiger partial charge in [0.05, 0.1) is 12.2 Å². The van der Waals surface area contributed by atoms with Crippen molar-refractivity contribution in [2.24, 2.45) is 4.99 Å². The fourth-order valence-corrected chi connectivity index (χ4v) is 2.96. The topological polar surface area (TPSA) is 56.7 Å². The van der Waals surface area contributed by atoms with Crippen molar-refractivity contribution in [3.05, 3.63) is 54.0 Å². The minimum atomic E-state index is 0.602. The molecule has 132 valence electrons. The molecule has 1 saturated heterocycles. The molecule has 0 spiro atoms. The van der Waals surface area contributed by atoms with E-state index in [0.29, 0.717) is 6.54 Å². The van der Waals surface area contributed by atoms with Crippen molar-refractivity contribution in [2.75, 3.05) is 37.6 Å². The zero-order valence-corrected chi connectivity index (χ0v) is 15.0. The molecule has 25 heavy (non-hydrogen) atoms. The molecule has 2 aromatic heterocycles. The zero-order valence-electron chi connectivity index (χ0n) is 15.0. The molecule has 3 heterocycles. The first-order chi connectivity index (χ1) is 12.3. The fraction of sp³-hybridized carbons (Fsp3) is 0.421. The van der Waals surface area contributed by atoms with Gasteiger partial charge in [-0.3, -0.25) is 4.98 Å². The maximum atomic E-state index is 4.78. The number of pyridine rings is 2. The van der Waals surface area contributed by atoms with E-state index in [1.54, 1.807) is 0 Å². The third kappa shape index (κ3) is 4.68. The van der Waals surface area contributed by atoms with E-state index in [1.807, 2.05) is 43.5 Å². The van der Waals surface area contributed by atoms with Crippen molar-refractivity contribution in [3.63, 3.8) is 0 Å². The standard InChI is InChI=1S/C19H26N6/c1-3-20-19(22-15-17-8-6-7-16(2)23-17)25-13-11-24(12-14-25)18-9-4-5-10-21-18/h4-10H,3,11-15H2,1-2H3,(H,20,22). The smallest absolute Gasteiger partial charge is 0.194 e. The summed E-state index contributed by atoms with van der Waals surface area (Å²) in [6.07, 6.45) is 1.85. The second-order valence-corrected chi connectivity index (χ2v) is 6.10. The van der Waals surface area contributed by atoms with Crippen LogP contribution in [0.1, 0.15) is 18.3 Å². The Morgan fingerprint density at radius 2 is 1.96 bits per heavy atom. The van der Waals surface area contributed by atoms with E-state index in [1.165, 1.54) is 0 Å². The maximum Gasteiger partial charge on any atom is 0.194 e. The van der Waals surface area contributed by atoms with Gasteiger partial charge in [0.25, 0.3) is 0 Å². The highest BCUT2D eigenvalue weighted by Crippen LogP contribution is 2.12. The number of aromatic nitrogens is 2. The first-order valence-corrected chi connectivity index (χ1v) is 8.88. The number of aliphatic imine (C=N–C) groups is 1. The lowest BCUT2D eigenvalue weighted by atomic mass is 10.3. The Morgan fingerprint density at radius 3 is 2.64 bits per heavy atom. The number of hydrogen-bond acceptors (Lipinski definition) is 4. The monoisotopic (exact) mass is 338 g/mol. The number of guanidine groups is 1. The summed E-state index contributed by atoms with van der Waals surface area (Å²) in [6, 6.07) is 12.1. The SMILES string of the molecule is CCNC(=NCc1cccc(C)n1)N1CCN(c2ccccn2)CC1. The molecule has 6 heteroatoms. The second kappa shape index (κ2) is 8.46. The highest BCUT2D eigenvalue weighted by atomic mass is 15.4. The van der Waals surface area contributed by atoms with Crippen LogP contribution in [0.15, 0.2) is 47.6 Å². The summed E-state index contributed by atoms with van der Waals surface area (Å²) < 4.78 is 0. The molecular weight excluding hydrogens is 312 g/mol. The van der Waals surface area contributed by atoms with Gasteiger partial charge in [0.15, 0.2) is 5.96 Å². The molecule has 0 saturated carbocycles. The van der Waals surface area contributed by atoms with Crippen molar-refractivity contribution in [1.29, 1.82) is 0 Å². The van der Waals surface area contributed by atoms with Crippen LogP contribution in [0.4, 0.5) is 5.82 Å². The largest absolute Gasteiger partial charge is 0.357 e. The number of piperazine rings is 1. The lowest BCUT2D eigenvalue weighted by Crippen LogP contribution is -2.52. The van der Waals surface area contributed by atoms with E-state index in [9.17, 15) is 0 Å². The van der Waals surface area contributed by atoms with Crippen LogP contribution in [-0.4, -0.2) is 53.6 Å². The number of anilines is 1. The Kier molecular flexibility index (Phi) is 5.82. The van der Waals surface area contributed by atoms with E-state index in [-0.39, 0.29) is 0 Å². The third-order valence-electron chi connectivity index (χ3n) is 4.22. The molecule has 1 aliphatic heterocycles. The molecule has 0 radical (unpaired) electrons. The van der Waals surface area contributed by atoms with Crippen molar-refractivity contribution >= 4 is 11.8 Å². The molecule has 0 aromatic carbocycles. The molecule has 0 aliphatic carbocycles. The van der Waals surface area contributed by atoms with Crippen LogP contribution in [0.5, 0.6) is 0 Å². The lowest BCUT2D eigenvalue weighted by molar-refractivity contribution is 0.371. The van der Waals surface area contributed by atoms with E-state index >= 15 is 0 Å². The molecular formula is C19H26N6. The van der Waals surface area contributed by atoms with Gasteiger partial charge in [-0.2, -0.15) is 0 Å². The van der Waals surface area contributed by atoms with Crippen molar-refractivity contribution < 1.29 is 0 Å². The van der Waals surface area contributed by atoms with Crippen LogP contribution in [-0.2, 0) is 6.54 Å². The van der Waals surface area contributed by atoms with Gasteiger partial charge in [-0.25, -0.2) is 9.98 Å². The molecule has 1 fully saturated rings. The first-order valence-electron chi connectivity index (χ1n) is 8.88. The van der Waals surface area contributed by atoms with Crippen LogP contribution in [0.3, 0.4) is 0 Å². The highest BCUT2D eigenvalue weighted by Gasteiger charge is 2.20. The number of hydrogen-bond donors (Lipinski definition) is 1. The van der Waals surface area contributed by atoms with Crippen LogP contribution in [0.2, 0.25) is 0 Å². The van der Waals surface area contributed by atoms with Gasteiger partial charge in [0, 0.05) is 44.6 Å². The number of nitrogens with one attached hydrogen (secondary N) is 1. The predicted molar refractivity (Wildman–Crippen MR) is 102 cm³/mol. The van der Waals surface area contributed by atoms with Gasteiger partial charge in [-0.05, 0) is 38.1 Å². The highest BCUT2D eigenvalue weighted by molar-refractivity contribution is 5.80. The predicted octanol–water partition coefficient (Wildman–Crippen LogP) is 2.07. The Balaban J connectivity index is 1.62. The molecule has 0 amide bonds. The Labute approximate surface area is 149 Å².